The Balaban J connectivity index is 2.43. The molecule has 0 heterocycles. The van der Waals surface area contributed by atoms with E-state index in [4.69, 9.17) is 23.2 Å². The molecule has 0 radical (unpaired) electrons. The standard InChI is InChI=1S/C21H23Cl2N3O4/c1-3-18(21(28)24-4-2)25(13-15-16(22)9-7-10-17(15)23)20(27)12-14-8-5-6-11-19(14)26(29)30/h5-11,18H,3-4,12-13H2,1-2H3,(H,24,28). The van der Waals surface area contributed by atoms with Crippen LogP contribution in [0.5, 0.6) is 0 Å². The number of halogens is 2. The third kappa shape index (κ3) is 5.70. The van der Waals surface area contributed by atoms with Crippen LogP contribution in [0, 0.1) is 10.1 Å². The molecule has 7 nitrogen and oxygen atoms in total. The fraction of sp³-hybridized carbons (Fsp3) is 0.333. The first-order valence-electron chi connectivity index (χ1n) is 9.52. The molecule has 0 fully saturated rings. The predicted molar refractivity (Wildman–Crippen MR) is 117 cm³/mol. The molecule has 1 unspecified atom stereocenters. The molecule has 0 aromatic heterocycles. The number of para-hydroxylation sites is 1. The molecule has 0 aliphatic rings. The Hall–Kier alpha value is -2.64. The van der Waals surface area contributed by atoms with Crippen LogP contribution >= 0.6 is 23.2 Å². The van der Waals surface area contributed by atoms with Crippen molar-refractivity contribution in [3.63, 3.8) is 0 Å². The van der Waals surface area contributed by atoms with Gasteiger partial charge in [0.2, 0.25) is 11.8 Å². The maximum atomic E-state index is 13.3. The van der Waals surface area contributed by atoms with E-state index in [2.05, 4.69) is 5.32 Å². The summed E-state index contributed by atoms with van der Waals surface area (Å²) in [7, 11) is 0. The lowest BCUT2D eigenvalue weighted by atomic mass is 10.1. The minimum absolute atomic E-state index is 0.00755. The number of carbonyl (C=O) groups excluding carboxylic acids is 2. The number of nitro benzene ring substituents is 1. The molecule has 2 aromatic rings. The van der Waals surface area contributed by atoms with E-state index >= 15 is 0 Å². The Morgan fingerprint density at radius 1 is 1.10 bits per heavy atom. The number of rotatable bonds is 9. The molecule has 2 aromatic carbocycles. The first kappa shape index (κ1) is 23.6. The molecule has 2 amide bonds. The number of benzene rings is 2. The fourth-order valence-corrected chi connectivity index (χ4v) is 3.69. The van der Waals surface area contributed by atoms with Gasteiger partial charge in [-0.3, -0.25) is 19.7 Å². The highest BCUT2D eigenvalue weighted by molar-refractivity contribution is 6.36. The van der Waals surface area contributed by atoms with Crippen LogP contribution in [0.2, 0.25) is 10.0 Å². The molecule has 0 aliphatic heterocycles. The van der Waals surface area contributed by atoms with Crippen molar-refractivity contribution in [1.82, 2.24) is 10.2 Å². The Labute approximate surface area is 185 Å². The Morgan fingerprint density at radius 2 is 1.73 bits per heavy atom. The van der Waals surface area contributed by atoms with Crippen LogP contribution in [0.4, 0.5) is 5.69 Å². The molecule has 30 heavy (non-hydrogen) atoms. The highest BCUT2D eigenvalue weighted by atomic mass is 35.5. The van der Waals surface area contributed by atoms with Crippen molar-refractivity contribution in [2.45, 2.75) is 39.3 Å². The lowest BCUT2D eigenvalue weighted by Gasteiger charge is -2.31. The largest absolute Gasteiger partial charge is 0.355 e. The van der Waals surface area contributed by atoms with Gasteiger partial charge in [0, 0.05) is 40.3 Å². The highest BCUT2D eigenvalue weighted by Crippen LogP contribution is 2.28. The van der Waals surface area contributed by atoms with Gasteiger partial charge >= 0.3 is 0 Å². The molecule has 0 saturated carbocycles. The summed E-state index contributed by atoms with van der Waals surface area (Å²) in [6.45, 7) is 4.00. The second kappa shape index (κ2) is 10.9. The number of nitro groups is 1. The molecule has 160 valence electrons. The second-order valence-electron chi connectivity index (χ2n) is 6.60. The molecule has 0 saturated heterocycles. The van der Waals surface area contributed by atoms with Crippen molar-refractivity contribution in [3.05, 3.63) is 73.8 Å². The van der Waals surface area contributed by atoms with Crippen LogP contribution in [0.3, 0.4) is 0 Å². The summed E-state index contributed by atoms with van der Waals surface area (Å²) < 4.78 is 0. The van der Waals surface area contributed by atoms with Crippen LogP contribution in [0.25, 0.3) is 0 Å². The Kier molecular flexibility index (Phi) is 8.62. The van der Waals surface area contributed by atoms with Gasteiger partial charge in [-0.05, 0) is 25.5 Å². The topological polar surface area (TPSA) is 92.6 Å². The summed E-state index contributed by atoms with van der Waals surface area (Å²) >= 11 is 12.6. The average molecular weight is 452 g/mol. The first-order valence-corrected chi connectivity index (χ1v) is 10.3. The second-order valence-corrected chi connectivity index (χ2v) is 7.42. The minimum Gasteiger partial charge on any atom is -0.355 e. The summed E-state index contributed by atoms with van der Waals surface area (Å²) in [6.07, 6.45) is 0.131. The molecular weight excluding hydrogens is 429 g/mol. The molecule has 1 atom stereocenters. The summed E-state index contributed by atoms with van der Waals surface area (Å²) in [5.41, 5.74) is 0.639. The van der Waals surface area contributed by atoms with Gasteiger partial charge in [-0.1, -0.05) is 54.4 Å². The van der Waals surface area contributed by atoms with Gasteiger partial charge in [-0.2, -0.15) is 0 Å². The number of carbonyl (C=O) groups is 2. The van der Waals surface area contributed by atoms with E-state index in [1.165, 1.54) is 23.1 Å². The number of hydrogen-bond donors (Lipinski definition) is 1. The molecular formula is C21H23Cl2N3O4. The van der Waals surface area contributed by atoms with Crippen molar-refractivity contribution in [3.8, 4) is 0 Å². The van der Waals surface area contributed by atoms with E-state index in [1.54, 1.807) is 38.1 Å². The van der Waals surface area contributed by atoms with Crippen LogP contribution in [0.15, 0.2) is 42.5 Å². The fourth-order valence-electron chi connectivity index (χ4n) is 3.17. The Morgan fingerprint density at radius 3 is 2.30 bits per heavy atom. The zero-order chi connectivity index (χ0) is 22.3. The summed E-state index contributed by atoms with van der Waals surface area (Å²) in [4.78, 5) is 38.1. The zero-order valence-corrected chi connectivity index (χ0v) is 18.2. The molecule has 0 aliphatic carbocycles. The molecule has 9 heteroatoms. The van der Waals surface area contributed by atoms with Crippen molar-refractivity contribution in [2.75, 3.05) is 6.54 Å². The van der Waals surface area contributed by atoms with Crippen LogP contribution in [-0.4, -0.2) is 34.2 Å². The third-order valence-electron chi connectivity index (χ3n) is 4.66. The van der Waals surface area contributed by atoms with E-state index in [9.17, 15) is 19.7 Å². The average Bonchev–Trinajstić information content (AvgIpc) is 2.70. The third-order valence-corrected chi connectivity index (χ3v) is 5.37. The van der Waals surface area contributed by atoms with Crippen molar-refractivity contribution in [2.24, 2.45) is 0 Å². The van der Waals surface area contributed by atoms with Gasteiger partial charge in [0.25, 0.3) is 5.69 Å². The van der Waals surface area contributed by atoms with Crippen molar-refractivity contribution >= 4 is 40.7 Å². The molecule has 0 spiro atoms. The summed E-state index contributed by atoms with van der Waals surface area (Å²) in [5.74, 6) is -0.738. The lowest BCUT2D eigenvalue weighted by Crippen LogP contribution is -2.49. The smallest absolute Gasteiger partial charge is 0.273 e. The highest BCUT2D eigenvalue weighted by Gasteiger charge is 2.30. The van der Waals surface area contributed by atoms with Gasteiger partial charge in [0.1, 0.15) is 6.04 Å². The van der Waals surface area contributed by atoms with E-state index in [0.717, 1.165) is 0 Å². The lowest BCUT2D eigenvalue weighted by molar-refractivity contribution is -0.385. The maximum Gasteiger partial charge on any atom is 0.273 e. The van der Waals surface area contributed by atoms with Gasteiger partial charge in [-0.25, -0.2) is 0 Å². The minimum atomic E-state index is -0.771. The number of likely N-dealkylation sites (N-methyl/N-ethyl adjacent to an activating group) is 1. The normalized spacial score (nSPS) is 11.6. The van der Waals surface area contributed by atoms with Gasteiger partial charge in [0.15, 0.2) is 0 Å². The van der Waals surface area contributed by atoms with Crippen molar-refractivity contribution < 1.29 is 14.5 Å². The first-order chi connectivity index (χ1) is 14.3. The molecule has 2 rings (SSSR count). The number of nitrogens with zero attached hydrogens (tertiary/aromatic N) is 2. The Bertz CT molecular complexity index is 916. The quantitative estimate of drug-likeness (QED) is 0.451. The van der Waals surface area contributed by atoms with E-state index in [0.29, 0.717) is 28.6 Å². The van der Waals surface area contributed by atoms with E-state index in [1.807, 2.05) is 0 Å². The number of nitrogens with one attached hydrogen (secondary N) is 1. The zero-order valence-electron chi connectivity index (χ0n) is 16.7. The van der Waals surface area contributed by atoms with Crippen LogP contribution in [-0.2, 0) is 22.6 Å². The summed E-state index contributed by atoms with van der Waals surface area (Å²) in [5, 5.41) is 14.8. The maximum absolute atomic E-state index is 13.3. The molecule has 1 N–H and O–H groups in total. The van der Waals surface area contributed by atoms with Crippen molar-refractivity contribution in [1.29, 1.82) is 0 Å². The number of amides is 2. The van der Waals surface area contributed by atoms with Gasteiger partial charge in [0.05, 0.1) is 11.3 Å². The molecule has 0 bridgehead atoms. The van der Waals surface area contributed by atoms with Gasteiger partial charge in [-0.15, -0.1) is 0 Å². The van der Waals surface area contributed by atoms with Gasteiger partial charge < -0.3 is 10.2 Å². The predicted octanol–water partition coefficient (Wildman–Crippen LogP) is 4.39. The van der Waals surface area contributed by atoms with Crippen LogP contribution in [0.1, 0.15) is 31.4 Å². The summed E-state index contributed by atoms with van der Waals surface area (Å²) in [6, 6.07) is 10.3. The van der Waals surface area contributed by atoms with E-state index < -0.39 is 16.9 Å². The van der Waals surface area contributed by atoms with Crippen LogP contribution < -0.4 is 5.32 Å². The SMILES string of the molecule is CCNC(=O)C(CC)N(Cc1c(Cl)cccc1Cl)C(=O)Cc1ccccc1[N+](=O)[O-]. The van der Waals surface area contributed by atoms with E-state index in [-0.39, 0.29) is 30.1 Å². The monoisotopic (exact) mass is 451 g/mol. The number of hydrogen-bond acceptors (Lipinski definition) is 4.